The Bertz CT molecular complexity index is 332. The van der Waals surface area contributed by atoms with E-state index in [1.54, 1.807) is 6.20 Å². The van der Waals surface area contributed by atoms with Gasteiger partial charge in [0, 0.05) is 26.0 Å². The first-order valence-corrected chi connectivity index (χ1v) is 6.58. The number of hydrogen-bond acceptors (Lipinski definition) is 3. The summed E-state index contributed by atoms with van der Waals surface area (Å²) in [7, 11) is 0. The van der Waals surface area contributed by atoms with Gasteiger partial charge in [-0.2, -0.15) is 5.10 Å². The highest BCUT2D eigenvalue weighted by Gasteiger charge is 2.20. The number of aryl methyl sites for hydroxylation is 1. The zero-order valence-electron chi connectivity index (χ0n) is 10.5. The molecule has 1 unspecified atom stereocenters. The molecule has 0 spiro atoms. The first kappa shape index (κ1) is 12.6. The number of nitrogens with zero attached hydrogens (tertiary/aromatic N) is 2. The number of aromatic nitrogens is 2. The Morgan fingerprint density at radius 1 is 1.53 bits per heavy atom. The van der Waals surface area contributed by atoms with E-state index in [4.69, 9.17) is 4.74 Å². The van der Waals surface area contributed by atoms with Gasteiger partial charge in [0.15, 0.2) is 0 Å². The standard InChI is InChI=1S/C13H22N2O2/c1-2-7-15-12(3-6-14-15)13(16)10-11-4-8-17-9-5-11/h3,6,11,13,16H,2,4-5,7-10H2,1H3. The second-order valence-electron chi connectivity index (χ2n) is 4.79. The third-order valence-corrected chi connectivity index (χ3v) is 3.42. The summed E-state index contributed by atoms with van der Waals surface area (Å²) >= 11 is 0. The molecule has 2 heterocycles. The average molecular weight is 238 g/mol. The Morgan fingerprint density at radius 3 is 3.00 bits per heavy atom. The Morgan fingerprint density at radius 2 is 2.29 bits per heavy atom. The van der Waals surface area contributed by atoms with E-state index in [2.05, 4.69) is 12.0 Å². The van der Waals surface area contributed by atoms with Gasteiger partial charge < -0.3 is 9.84 Å². The predicted octanol–water partition coefficient (Wildman–Crippen LogP) is 2.14. The van der Waals surface area contributed by atoms with Crippen molar-refractivity contribution >= 4 is 0 Å². The summed E-state index contributed by atoms with van der Waals surface area (Å²) in [4.78, 5) is 0. The van der Waals surface area contributed by atoms with Gasteiger partial charge in [-0.25, -0.2) is 0 Å². The van der Waals surface area contributed by atoms with Crippen LogP contribution >= 0.6 is 0 Å². The van der Waals surface area contributed by atoms with Gasteiger partial charge in [-0.3, -0.25) is 4.68 Å². The molecule has 1 aromatic rings. The van der Waals surface area contributed by atoms with E-state index in [0.717, 1.165) is 51.1 Å². The Kier molecular flexibility index (Phi) is 4.57. The van der Waals surface area contributed by atoms with Crippen molar-refractivity contribution in [3.05, 3.63) is 18.0 Å². The van der Waals surface area contributed by atoms with E-state index in [9.17, 15) is 5.11 Å². The predicted molar refractivity (Wildman–Crippen MR) is 65.6 cm³/mol. The molecule has 0 saturated carbocycles. The van der Waals surface area contributed by atoms with E-state index >= 15 is 0 Å². The van der Waals surface area contributed by atoms with Crippen LogP contribution in [0.15, 0.2) is 12.3 Å². The molecule has 1 atom stereocenters. The molecule has 2 rings (SSSR count). The highest BCUT2D eigenvalue weighted by atomic mass is 16.5. The van der Waals surface area contributed by atoms with Crippen LogP contribution in [-0.2, 0) is 11.3 Å². The largest absolute Gasteiger partial charge is 0.387 e. The second kappa shape index (κ2) is 6.17. The van der Waals surface area contributed by atoms with Crippen molar-refractivity contribution in [1.29, 1.82) is 0 Å². The molecule has 4 heteroatoms. The minimum atomic E-state index is -0.382. The van der Waals surface area contributed by atoms with Crippen molar-refractivity contribution in [2.75, 3.05) is 13.2 Å². The smallest absolute Gasteiger partial charge is 0.0959 e. The summed E-state index contributed by atoms with van der Waals surface area (Å²) in [6.45, 7) is 4.68. The van der Waals surface area contributed by atoms with Crippen LogP contribution in [0.3, 0.4) is 0 Å². The lowest BCUT2D eigenvalue weighted by molar-refractivity contribution is 0.0417. The van der Waals surface area contributed by atoms with E-state index in [0.29, 0.717) is 5.92 Å². The number of hydrogen-bond donors (Lipinski definition) is 1. The zero-order chi connectivity index (χ0) is 12.1. The lowest BCUT2D eigenvalue weighted by Crippen LogP contribution is -2.19. The van der Waals surface area contributed by atoms with Crippen molar-refractivity contribution in [2.24, 2.45) is 5.92 Å². The molecule has 0 aliphatic carbocycles. The van der Waals surface area contributed by atoms with Gasteiger partial charge in [0.2, 0.25) is 0 Å². The van der Waals surface area contributed by atoms with Gasteiger partial charge in [-0.05, 0) is 37.7 Å². The van der Waals surface area contributed by atoms with E-state index in [-0.39, 0.29) is 6.10 Å². The maximum atomic E-state index is 10.3. The highest BCUT2D eigenvalue weighted by molar-refractivity contribution is 5.04. The summed E-state index contributed by atoms with van der Waals surface area (Å²) in [5.41, 5.74) is 0.957. The topological polar surface area (TPSA) is 47.3 Å². The minimum absolute atomic E-state index is 0.382. The molecule has 1 aromatic heterocycles. The fourth-order valence-electron chi connectivity index (χ4n) is 2.44. The second-order valence-corrected chi connectivity index (χ2v) is 4.79. The number of ether oxygens (including phenoxy) is 1. The Labute approximate surface area is 103 Å². The van der Waals surface area contributed by atoms with Crippen LogP contribution in [-0.4, -0.2) is 28.1 Å². The van der Waals surface area contributed by atoms with Crippen LogP contribution in [0, 0.1) is 5.92 Å². The molecule has 0 amide bonds. The number of rotatable bonds is 5. The number of aliphatic hydroxyl groups excluding tert-OH is 1. The van der Waals surface area contributed by atoms with E-state index < -0.39 is 0 Å². The molecule has 4 nitrogen and oxygen atoms in total. The van der Waals surface area contributed by atoms with Crippen molar-refractivity contribution in [3.8, 4) is 0 Å². The summed E-state index contributed by atoms with van der Waals surface area (Å²) in [6, 6.07) is 1.93. The first-order valence-electron chi connectivity index (χ1n) is 6.58. The average Bonchev–Trinajstić information content (AvgIpc) is 2.79. The molecular formula is C13H22N2O2. The maximum absolute atomic E-state index is 10.3. The third kappa shape index (κ3) is 3.30. The molecule has 1 saturated heterocycles. The molecule has 1 N–H and O–H groups in total. The lowest BCUT2D eigenvalue weighted by atomic mass is 9.92. The molecule has 0 radical (unpaired) electrons. The lowest BCUT2D eigenvalue weighted by Gasteiger charge is -2.24. The van der Waals surface area contributed by atoms with Gasteiger partial charge in [0.05, 0.1) is 11.8 Å². The molecule has 0 aromatic carbocycles. The molecule has 96 valence electrons. The number of aliphatic hydroxyl groups is 1. The zero-order valence-corrected chi connectivity index (χ0v) is 10.5. The SMILES string of the molecule is CCCn1nccc1C(O)CC1CCOCC1. The first-order chi connectivity index (χ1) is 8.31. The Balaban J connectivity index is 1.93. The van der Waals surface area contributed by atoms with Crippen molar-refractivity contribution in [2.45, 2.75) is 45.3 Å². The molecular weight excluding hydrogens is 216 g/mol. The molecule has 17 heavy (non-hydrogen) atoms. The quantitative estimate of drug-likeness (QED) is 0.855. The maximum Gasteiger partial charge on any atom is 0.0959 e. The Hall–Kier alpha value is -0.870. The van der Waals surface area contributed by atoms with Crippen LogP contribution in [0.4, 0.5) is 0 Å². The van der Waals surface area contributed by atoms with E-state index in [1.165, 1.54) is 0 Å². The van der Waals surface area contributed by atoms with E-state index in [1.807, 2.05) is 10.7 Å². The van der Waals surface area contributed by atoms with Gasteiger partial charge in [0.1, 0.15) is 0 Å². The van der Waals surface area contributed by atoms with Crippen molar-refractivity contribution < 1.29 is 9.84 Å². The van der Waals surface area contributed by atoms with Crippen molar-refractivity contribution in [1.82, 2.24) is 9.78 Å². The van der Waals surface area contributed by atoms with Crippen LogP contribution in [0.5, 0.6) is 0 Å². The van der Waals surface area contributed by atoms with Gasteiger partial charge in [-0.15, -0.1) is 0 Å². The highest BCUT2D eigenvalue weighted by Crippen LogP contribution is 2.27. The van der Waals surface area contributed by atoms with Crippen LogP contribution in [0.2, 0.25) is 0 Å². The van der Waals surface area contributed by atoms with Crippen LogP contribution in [0.25, 0.3) is 0 Å². The molecule has 1 fully saturated rings. The summed E-state index contributed by atoms with van der Waals surface area (Å²) < 4.78 is 7.26. The van der Waals surface area contributed by atoms with Crippen molar-refractivity contribution in [3.63, 3.8) is 0 Å². The van der Waals surface area contributed by atoms with Gasteiger partial charge in [0.25, 0.3) is 0 Å². The fraction of sp³-hybridized carbons (Fsp3) is 0.769. The minimum Gasteiger partial charge on any atom is -0.387 e. The third-order valence-electron chi connectivity index (χ3n) is 3.42. The normalized spacial score (nSPS) is 19.4. The van der Waals surface area contributed by atoms with Gasteiger partial charge >= 0.3 is 0 Å². The summed E-state index contributed by atoms with van der Waals surface area (Å²) in [5.74, 6) is 0.587. The molecule has 0 bridgehead atoms. The molecule has 1 aliphatic rings. The summed E-state index contributed by atoms with van der Waals surface area (Å²) in [6.07, 6.45) is 5.40. The molecule has 1 aliphatic heterocycles. The fourth-order valence-corrected chi connectivity index (χ4v) is 2.44. The van der Waals surface area contributed by atoms with Crippen LogP contribution < -0.4 is 0 Å². The van der Waals surface area contributed by atoms with Gasteiger partial charge in [-0.1, -0.05) is 6.92 Å². The van der Waals surface area contributed by atoms with Crippen LogP contribution in [0.1, 0.15) is 44.4 Å². The monoisotopic (exact) mass is 238 g/mol. The summed E-state index contributed by atoms with van der Waals surface area (Å²) in [5, 5.41) is 14.5.